The van der Waals surface area contributed by atoms with E-state index >= 15 is 0 Å². The van der Waals surface area contributed by atoms with Crippen molar-refractivity contribution in [3.8, 4) is 0 Å². The van der Waals surface area contributed by atoms with E-state index in [2.05, 4.69) is 36.2 Å². The van der Waals surface area contributed by atoms with Crippen molar-refractivity contribution in [3.63, 3.8) is 0 Å². The summed E-state index contributed by atoms with van der Waals surface area (Å²) in [5, 5.41) is 3.36. The number of nitrogens with zero attached hydrogens (tertiary/aromatic N) is 1. The molecule has 0 saturated heterocycles. The average Bonchev–Trinajstić information content (AvgIpc) is 2.83. The van der Waals surface area contributed by atoms with E-state index in [9.17, 15) is 0 Å². The Balaban J connectivity index is 2.36. The highest BCUT2D eigenvalue weighted by Crippen LogP contribution is 2.18. The molecule has 1 heterocycles. The highest BCUT2D eigenvalue weighted by molar-refractivity contribution is 7.11. The lowest BCUT2D eigenvalue weighted by atomic mass is 10.4. The molecule has 0 aromatic carbocycles. The van der Waals surface area contributed by atoms with Gasteiger partial charge in [-0.05, 0) is 32.1 Å². The maximum absolute atomic E-state index is 5.41. The van der Waals surface area contributed by atoms with Gasteiger partial charge in [0.25, 0.3) is 0 Å². The van der Waals surface area contributed by atoms with Crippen LogP contribution in [0.4, 0.5) is 0 Å². The summed E-state index contributed by atoms with van der Waals surface area (Å²) >= 11 is 1.91. The number of rotatable bonds is 10. The summed E-state index contributed by atoms with van der Waals surface area (Å²) in [6.07, 6.45) is 0. The van der Waals surface area contributed by atoms with Gasteiger partial charge in [-0.3, -0.25) is 4.90 Å². The Kier molecular flexibility index (Phi) is 8.25. The minimum absolute atomic E-state index is 0.809. The molecule has 0 bridgehead atoms. The van der Waals surface area contributed by atoms with E-state index in [1.165, 1.54) is 9.75 Å². The van der Waals surface area contributed by atoms with E-state index in [1.807, 2.05) is 18.3 Å². The first-order valence-electron chi connectivity index (χ1n) is 6.88. The number of hydrogen-bond donors (Lipinski definition) is 1. The lowest BCUT2D eigenvalue weighted by Crippen LogP contribution is -2.26. The van der Waals surface area contributed by atoms with Crippen molar-refractivity contribution < 1.29 is 4.74 Å². The molecule has 0 aliphatic heterocycles. The SMILES string of the molecule is CCNCc1ccc(CN(CC)CCOCC)s1. The molecule has 3 nitrogen and oxygen atoms in total. The summed E-state index contributed by atoms with van der Waals surface area (Å²) in [7, 11) is 0. The van der Waals surface area contributed by atoms with Crippen LogP contribution < -0.4 is 5.32 Å². The van der Waals surface area contributed by atoms with Gasteiger partial charge < -0.3 is 10.1 Å². The number of likely N-dealkylation sites (N-methyl/N-ethyl adjacent to an activating group) is 1. The van der Waals surface area contributed by atoms with Crippen LogP contribution in [0.3, 0.4) is 0 Å². The predicted octanol–water partition coefficient (Wildman–Crippen LogP) is 2.72. The van der Waals surface area contributed by atoms with Crippen LogP contribution >= 0.6 is 11.3 Å². The van der Waals surface area contributed by atoms with Gasteiger partial charge in [-0.25, -0.2) is 0 Å². The average molecular weight is 270 g/mol. The van der Waals surface area contributed by atoms with Crippen molar-refractivity contribution >= 4 is 11.3 Å². The molecule has 0 saturated carbocycles. The smallest absolute Gasteiger partial charge is 0.0593 e. The van der Waals surface area contributed by atoms with Crippen LogP contribution in [0.25, 0.3) is 0 Å². The normalized spacial score (nSPS) is 11.3. The zero-order chi connectivity index (χ0) is 13.2. The molecule has 1 rings (SSSR count). The number of ether oxygens (including phenoxy) is 1. The van der Waals surface area contributed by atoms with Crippen LogP contribution in [0, 0.1) is 0 Å². The van der Waals surface area contributed by atoms with E-state index in [4.69, 9.17) is 4.74 Å². The largest absolute Gasteiger partial charge is 0.380 e. The third kappa shape index (κ3) is 5.96. The Morgan fingerprint density at radius 2 is 2.00 bits per heavy atom. The molecule has 0 spiro atoms. The molecule has 0 aliphatic carbocycles. The fourth-order valence-corrected chi connectivity index (χ4v) is 2.79. The molecule has 0 atom stereocenters. The molecule has 1 N–H and O–H groups in total. The number of nitrogens with one attached hydrogen (secondary N) is 1. The van der Waals surface area contributed by atoms with Crippen molar-refractivity contribution in [3.05, 3.63) is 21.9 Å². The van der Waals surface area contributed by atoms with Crippen LogP contribution in [0.15, 0.2) is 12.1 Å². The second-order valence-corrected chi connectivity index (χ2v) is 5.47. The topological polar surface area (TPSA) is 24.5 Å². The quantitative estimate of drug-likeness (QED) is 0.662. The molecule has 0 radical (unpaired) electrons. The van der Waals surface area contributed by atoms with Crippen LogP contribution in [0.2, 0.25) is 0 Å². The Morgan fingerprint density at radius 3 is 2.67 bits per heavy atom. The molecule has 0 aliphatic rings. The molecule has 18 heavy (non-hydrogen) atoms. The minimum atomic E-state index is 0.809. The van der Waals surface area contributed by atoms with Gasteiger partial charge in [0.15, 0.2) is 0 Å². The molecular formula is C14H26N2OS. The van der Waals surface area contributed by atoms with Crippen molar-refractivity contribution in [2.24, 2.45) is 0 Å². The molecule has 0 amide bonds. The van der Waals surface area contributed by atoms with Crippen molar-refractivity contribution in [2.75, 3.05) is 32.8 Å². The maximum Gasteiger partial charge on any atom is 0.0593 e. The van der Waals surface area contributed by atoms with Gasteiger partial charge in [-0.15, -0.1) is 11.3 Å². The Labute approximate surface area is 115 Å². The van der Waals surface area contributed by atoms with Gasteiger partial charge in [0.2, 0.25) is 0 Å². The zero-order valence-corrected chi connectivity index (χ0v) is 12.7. The third-order valence-electron chi connectivity index (χ3n) is 2.85. The van der Waals surface area contributed by atoms with Gasteiger partial charge in [0, 0.05) is 36.0 Å². The van der Waals surface area contributed by atoms with E-state index in [1.54, 1.807) is 0 Å². The van der Waals surface area contributed by atoms with Gasteiger partial charge in [0.05, 0.1) is 6.61 Å². The molecule has 104 valence electrons. The Bertz CT molecular complexity index is 314. The Hall–Kier alpha value is -0.420. The van der Waals surface area contributed by atoms with Gasteiger partial charge in [-0.2, -0.15) is 0 Å². The van der Waals surface area contributed by atoms with E-state index in [-0.39, 0.29) is 0 Å². The summed E-state index contributed by atoms with van der Waals surface area (Å²) in [5.41, 5.74) is 0. The number of thiophene rings is 1. The fourth-order valence-electron chi connectivity index (χ4n) is 1.76. The van der Waals surface area contributed by atoms with Crippen LogP contribution in [-0.2, 0) is 17.8 Å². The van der Waals surface area contributed by atoms with Crippen molar-refractivity contribution in [2.45, 2.75) is 33.9 Å². The monoisotopic (exact) mass is 270 g/mol. The fraction of sp³-hybridized carbons (Fsp3) is 0.714. The summed E-state index contributed by atoms with van der Waals surface area (Å²) in [6, 6.07) is 4.49. The van der Waals surface area contributed by atoms with Gasteiger partial charge >= 0.3 is 0 Å². The molecule has 4 heteroatoms. The summed E-state index contributed by atoms with van der Waals surface area (Å²) in [4.78, 5) is 5.30. The summed E-state index contributed by atoms with van der Waals surface area (Å²) in [5.74, 6) is 0. The zero-order valence-electron chi connectivity index (χ0n) is 11.9. The second kappa shape index (κ2) is 9.50. The second-order valence-electron chi connectivity index (χ2n) is 4.21. The van der Waals surface area contributed by atoms with Gasteiger partial charge in [0.1, 0.15) is 0 Å². The molecular weight excluding hydrogens is 244 g/mol. The van der Waals surface area contributed by atoms with E-state index < -0.39 is 0 Å². The molecule has 1 aromatic heterocycles. The molecule has 0 unspecified atom stereocenters. The molecule has 1 aromatic rings. The first-order chi connectivity index (χ1) is 8.80. The lowest BCUT2D eigenvalue weighted by molar-refractivity contribution is 0.113. The molecule has 0 fully saturated rings. The highest BCUT2D eigenvalue weighted by atomic mass is 32.1. The summed E-state index contributed by atoms with van der Waals surface area (Å²) < 4.78 is 5.41. The van der Waals surface area contributed by atoms with E-state index in [0.29, 0.717) is 0 Å². The predicted molar refractivity (Wildman–Crippen MR) is 79.1 cm³/mol. The number of hydrogen-bond acceptors (Lipinski definition) is 4. The first kappa shape index (κ1) is 15.6. The van der Waals surface area contributed by atoms with E-state index in [0.717, 1.165) is 45.9 Å². The van der Waals surface area contributed by atoms with Crippen molar-refractivity contribution in [1.29, 1.82) is 0 Å². The van der Waals surface area contributed by atoms with Gasteiger partial charge in [-0.1, -0.05) is 13.8 Å². The maximum atomic E-state index is 5.41. The van der Waals surface area contributed by atoms with Crippen LogP contribution in [0.5, 0.6) is 0 Å². The first-order valence-corrected chi connectivity index (χ1v) is 7.70. The Morgan fingerprint density at radius 1 is 1.22 bits per heavy atom. The highest BCUT2D eigenvalue weighted by Gasteiger charge is 2.06. The van der Waals surface area contributed by atoms with Crippen LogP contribution in [0.1, 0.15) is 30.5 Å². The van der Waals surface area contributed by atoms with Crippen LogP contribution in [-0.4, -0.2) is 37.7 Å². The third-order valence-corrected chi connectivity index (χ3v) is 3.92. The summed E-state index contributed by atoms with van der Waals surface area (Å²) in [6.45, 7) is 13.2. The van der Waals surface area contributed by atoms with Crippen molar-refractivity contribution in [1.82, 2.24) is 10.2 Å². The lowest BCUT2D eigenvalue weighted by Gasteiger charge is -2.19. The standard InChI is InChI=1S/C14H26N2OS/c1-4-15-11-13-7-8-14(18-13)12-16(5-2)9-10-17-6-3/h7-8,15H,4-6,9-12H2,1-3H3. The minimum Gasteiger partial charge on any atom is -0.380 e.